The first kappa shape index (κ1) is 19.6. The monoisotopic (exact) mass is 387 g/mol. The van der Waals surface area contributed by atoms with Crippen molar-refractivity contribution in [2.24, 2.45) is 5.92 Å². The van der Waals surface area contributed by atoms with Gasteiger partial charge in [0.2, 0.25) is 5.91 Å². The molecular weight excluding hydrogens is 354 g/mol. The fraction of sp³-hybridized carbons (Fsp3) is 0.762. The second-order valence-corrected chi connectivity index (χ2v) is 8.41. The van der Waals surface area contributed by atoms with Crippen molar-refractivity contribution in [1.82, 2.24) is 19.8 Å². The van der Waals surface area contributed by atoms with Crippen LogP contribution in [0.25, 0.3) is 0 Å². The molecule has 1 atom stereocenters. The summed E-state index contributed by atoms with van der Waals surface area (Å²) >= 11 is 0. The van der Waals surface area contributed by atoms with E-state index in [9.17, 15) is 4.79 Å². The Labute approximate surface area is 168 Å². The summed E-state index contributed by atoms with van der Waals surface area (Å²) in [5, 5.41) is 0. The molecule has 1 amide bonds. The minimum absolute atomic E-state index is 0.164. The maximum Gasteiger partial charge on any atom is 0.227 e. The third-order valence-electron chi connectivity index (χ3n) is 6.47. The van der Waals surface area contributed by atoms with Crippen molar-refractivity contribution in [3.05, 3.63) is 17.6 Å². The van der Waals surface area contributed by atoms with Gasteiger partial charge in [0.15, 0.2) is 0 Å². The summed E-state index contributed by atoms with van der Waals surface area (Å²) in [6, 6.07) is 0.583. The quantitative estimate of drug-likeness (QED) is 0.786. The Bertz CT molecular complexity index is 683. The van der Waals surface area contributed by atoms with Crippen LogP contribution in [0, 0.1) is 19.8 Å². The maximum absolute atomic E-state index is 12.9. The summed E-state index contributed by atoms with van der Waals surface area (Å²) in [5.41, 5.74) is 1.15. The zero-order valence-corrected chi connectivity index (χ0v) is 17.3. The molecule has 4 heterocycles. The summed E-state index contributed by atoms with van der Waals surface area (Å²) in [5.74, 6) is 2.43. The molecule has 7 heteroatoms. The minimum atomic E-state index is 0.164. The van der Waals surface area contributed by atoms with Crippen molar-refractivity contribution < 1.29 is 9.53 Å². The number of piperidine rings is 2. The summed E-state index contributed by atoms with van der Waals surface area (Å²) in [4.78, 5) is 28.9. The Morgan fingerprint density at radius 3 is 2.57 bits per heavy atom. The van der Waals surface area contributed by atoms with Crippen molar-refractivity contribution in [2.45, 2.75) is 45.6 Å². The molecule has 0 radical (unpaired) electrons. The second-order valence-electron chi connectivity index (χ2n) is 8.41. The lowest BCUT2D eigenvalue weighted by Gasteiger charge is -2.43. The molecule has 0 N–H and O–H groups in total. The molecule has 3 aliphatic heterocycles. The normalized spacial score (nSPS) is 25.1. The van der Waals surface area contributed by atoms with Gasteiger partial charge in [0, 0.05) is 50.5 Å². The summed E-state index contributed by atoms with van der Waals surface area (Å²) < 4.78 is 5.40. The number of hydrogen-bond acceptors (Lipinski definition) is 6. The molecule has 7 nitrogen and oxygen atoms in total. The Kier molecular flexibility index (Phi) is 6.11. The van der Waals surface area contributed by atoms with Gasteiger partial charge in [-0.25, -0.2) is 9.97 Å². The topological polar surface area (TPSA) is 61.8 Å². The van der Waals surface area contributed by atoms with Crippen LogP contribution in [0.1, 0.15) is 37.1 Å². The first-order valence-corrected chi connectivity index (χ1v) is 10.8. The molecule has 0 spiro atoms. The van der Waals surface area contributed by atoms with E-state index in [1.807, 2.05) is 18.0 Å². The summed E-state index contributed by atoms with van der Waals surface area (Å²) in [6.45, 7) is 11.0. The predicted octanol–water partition coefficient (Wildman–Crippen LogP) is 1.63. The van der Waals surface area contributed by atoms with Gasteiger partial charge < -0.3 is 14.5 Å². The third-order valence-corrected chi connectivity index (χ3v) is 6.47. The van der Waals surface area contributed by atoms with Crippen LogP contribution in [0.4, 0.5) is 5.82 Å². The largest absolute Gasteiger partial charge is 0.378 e. The number of nitrogens with zero attached hydrogens (tertiary/aromatic N) is 5. The Hall–Kier alpha value is -1.73. The molecule has 3 saturated heterocycles. The molecule has 3 fully saturated rings. The molecule has 154 valence electrons. The minimum Gasteiger partial charge on any atom is -0.378 e. The lowest BCUT2D eigenvalue weighted by atomic mass is 9.92. The zero-order chi connectivity index (χ0) is 19.5. The molecule has 0 aliphatic carbocycles. The van der Waals surface area contributed by atoms with E-state index in [1.165, 1.54) is 0 Å². The number of hydrogen-bond donors (Lipinski definition) is 0. The van der Waals surface area contributed by atoms with Crippen LogP contribution in [0.15, 0.2) is 6.20 Å². The highest BCUT2D eigenvalue weighted by Crippen LogP contribution is 2.27. The van der Waals surface area contributed by atoms with Crippen molar-refractivity contribution in [2.75, 3.05) is 57.4 Å². The maximum atomic E-state index is 12.9. The van der Waals surface area contributed by atoms with E-state index in [0.29, 0.717) is 25.2 Å². The first-order chi connectivity index (χ1) is 13.6. The number of likely N-dealkylation sites (tertiary alicyclic amines) is 1. The number of carbonyl (C=O) groups is 1. The average molecular weight is 388 g/mol. The highest BCUT2D eigenvalue weighted by atomic mass is 16.5. The van der Waals surface area contributed by atoms with E-state index >= 15 is 0 Å². The third kappa shape index (κ3) is 4.30. The molecule has 0 bridgehead atoms. The van der Waals surface area contributed by atoms with Gasteiger partial charge in [-0.3, -0.25) is 9.69 Å². The van der Waals surface area contributed by atoms with Crippen LogP contribution < -0.4 is 4.90 Å². The van der Waals surface area contributed by atoms with E-state index in [4.69, 9.17) is 4.74 Å². The van der Waals surface area contributed by atoms with Crippen LogP contribution in [-0.4, -0.2) is 84.2 Å². The number of rotatable bonds is 3. The van der Waals surface area contributed by atoms with Gasteiger partial charge >= 0.3 is 0 Å². The molecule has 0 saturated carbocycles. The number of aryl methyl sites for hydroxylation is 2. The molecule has 3 aliphatic rings. The molecule has 0 unspecified atom stereocenters. The SMILES string of the molecule is Cc1ncc(C)c(N2CCC(N3CCC[C@H](C(=O)N4CCOCC4)C3)CC2)n1. The highest BCUT2D eigenvalue weighted by Gasteiger charge is 2.34. The zero-order valence-electron chi connectivity index (χ0n) is 17.3. The number of ether oxygens (including phenoxy) is 1. The van der Waals surface area contributed by atoms with Crippen LogP contribution in [-0.2, 0) is 9.53 Å². The van der Waals surface area contributed by atoms with Gasteiger partial charge in [-0.15, -0.1) is 0 Å². The van der Waals surface area contributed by atoms with Crippen molar-refractivity contribution >= 4 is 11.7 Å². The second kappa shape index (κ2) is 8.74. The van der Waals surface area contributed by atoms with Crippen molar-refractivity contribution in [3.63, 3.8) is 0 Å². The van der Waals surface area contributed by atoms with E-state index in [-0.39, 0.29) is 5.92 Å². The van der Waals surface area contributed by atoms with E-state index in [1.54, 1.807) is 0 Å². The van der Waals surface area contributed by atoms with Gasteiger partial charge in [-0.1, -0.05) is 0 Å². The Morgan fingerprint density at radius 2 is 1.82 bits per heavy atom. The smallest absolute Gasteiger partial charge is 0.227 e. The molecule has 1 aromatic heterocycles. The lowest BCUT2D eigenvalue weighted by molar-refractivity contribution is -0.141. The number of carbonyl (C=O) groups excluding carboxylic acids is 1. The Morgan fingerprint density at radius 1 is 1.07 bits per heavy atom. The van der Waals surface area contributed by atoms with Crippen molar-refractivity contribution in [1.29, 1.82) is 0 Å². The summed E-state index contributed by atoms with van der Waals surface area (Å²) in [6.07, 6.45) is 6.37. The average Bonchev–Trinajstić information content (AvgIpc) is 2.76. The Balaban J connectivity index is 1.33. The molecule has 0 aromatic carbocycles. The number of anilines is 1. The van der Waals surface area contributed by atoms with Gasteiger partial charge in [0.25, 0.3) is 0 Å². The van der Waals surface area contributed by atoms with E-state index in [0.717, 1.165) is 82.2 Å². The van der Waals surface area contributed by atoms with Gasteiger partial charge in [0.05, 0.1) is 19.1 Å². The van der Waals surface area contributed by atoms with Gasteiger partial charge in [-0.05, 0) is 46.1 Å². The number of amides is 1. The number of morpholine rings is 1. The lowest BCUT2D eigenvalue weighted by Crippen LogP contribution is -2.52. The van der Waals surface area contributed by atoms with Crippen LogP contribution in [0.2, 0.25) is 0 Å². The van der Waals surface area contributed by atoms with Crippen molar-refractivity contribution in [3.8, 4) is 0 Å². The number of aromatic nitrogens is 2. The van der Waals surface area contributed by atoms with Gasteiger partial charge in [-0.2, -0.15) is 0 Å². The first-order valence-electron chi connectivity index (χ1n) is 10.8. The van der Waals surface area contributed by atoms with E-state index in [2.05, 4.69) is 26.7 Å². The van der Waals surface area contributed by atoms with Crippen LogP contribution >= 0.6 is 0 Å². The summed E-state index contributed by atoms with van der Waals surface area (Å²) in [7, 11) is 0. The fourth-order valence-corrected chi connectivity index (χ4v) is 4.86. The molecular formula is C21H33N5O2. The van der Waals surface area contributed by atoms with Gasteiger partial charge in [0.1, 0.15) is 11.6 Å². The molecule has 28 heavy (non-hydrogen) atoms. The van der Waals surface area contributed by atoms with E-state index < -0.39 is 0 Å². The van der Waals surface area contributed by atoms with Crippen LogP contribution in [0.5, 0.6) is 0 Å². The molecule has 4 rings (SSSR count). The van der Waals surface area contributed by atoms with Crippen LogP contribution in [0.3, 0.4) is 0 Å². The fourth-order valence-electron chi connectivity index (χ4n) is 4.86. The molecule has 1 aromatic rings. The standard InChI is InChI=1S/C21H33N5O2/c1-16-14-22-17(2)23-20(16)24-8-5-19(6-9-24)26-7-3-4-18(15-26)21(27)25-10-12-28-13-11-25/h14,18-19H,3-13,15H2,1-2H3/t18-/m0/s1. The predicted molar refractivity (Wildman–Crippen MR) is 108 cm³/mol. The highest BCUT2D eigenvalue weighted by molar-refractivity contribution is 5.79.